The SMILES string of the molecule is CC1(C)SC2c3ccccc3C(=O)N2[C@@H]1C(=O)N[C@@H](Cc1c[nH]c2ccccc12)C(=O)O. The van der Waals surface area contributed by atoms with Crippen LogP contribution in [0.5, 0.6) is 0 Å². The van der Waals surface area contributed by atoms with E-state index in [4.69, 9.17) is 0 Å². The third kappa shape index (κ3) is 3.17. The fourth-order valence-electron chi connectivity index (χ4n) is 4.78. The van der Waals surface area contributed by atoms with Crippen LogP contribution in [0.1, 0.15) is 40.7 Å². The van der Waals surface area contributed by atoms with Gasteiger partial charge in [0.2, 0.25) is 5.91 Å². The van der Waals surface area contributed by atoms with Crippen molar-refractivity contribution in [3.63, 3.8) is 0 Å². The molecule has 5 rings (SSSR count). The lowest BCUT2D eigenvalue weighted by molar-refractivity contribution is -0.142. The Morgan fingerprint density at radius 2 is 1.91 bits per heavy atom. The number of hydrogen-bond donors (Lipinski definition) is 3. The number of fused-ring (bicyclic) bond motifs is 4. The highest BCUT2D eigenvalue weighted by Crippen LogP contribution is 2.56. The fourth-order valence-corrected chi connectivity index (χ4v) is 6.36. The number of aliphatic carboxylic acids is 1. The van der Waals surface area contributed by atoms with Crippen LogP contribution in [0.4, 0.5) is 0 Å². The second-order valence-corrected chi connectivity index (χ2v) is 10.5. The average Bonchev–Trinajstić information content (AvgIpc) is 3.37. The molecule has 2 aliphatic heterocycles. The van der Waals surface area contributed by atoms with E-state index in [1.165, 1.54) is 0 Å². The van der Waals surface area contributed by atoms with Crippen LogP contribution in [0.2, 0.25) is 0 Å². The number of aromatic amines is 1. The predicted octanol–water partition coefficient (Wildman–Crippen LogP) is 3.33. The minimum atomic E-state index is -1.11. The number of carbonyl (C=O) groups excluding carboxylic acids is 2. The Hall–Kier alpha value is -3.26. The number of H-pyrrole nitrogens is 1. The molecule has 1 saturated heterocycles. The van der Waals surface area contributed by atoms with Crippen molar-refractivity contribution in [1.82, 2.24) is 15.2 Å². The third-order valence-electron chi connectivity index (χ3n) is 6.26. The number of benzene rings is 2. The summed E-state index contributed by atoms with van der Waals surface area (Å²) in [5.74, 6) is -1.75. The van der Waals surface area contributed by atoms with Crippen LogP contribution >= 0.6 is 11.8 Å². The summed E-state index contributed by atoms with van der Waals surface area (Å²) in [5.41, 5.74) is 3.23. The minimum Gasteiger partial charge on any atom is -0.480 e. The molecule has 7 nitrogen and oxygen atoms in total. The van der Waals surface area contributed by atoms with Gasteiger partial charge in [0.25, 0.3) is 5.91 Å². The van der Waals surface area contributed by atoms with Gasteiger partial charge in [-0.3, -0.25) is 9.59 Å². The van der Waals surface area contributed by atoms with Crippen LogP contribution < -0.4 is 5.32 Å². The lowest BCUT2D eigenvalue weighted by Crippen LogP contribution is -2.56. The maximum Gasteiger partial charge on any atom is 0.326 e. The monoisotopic (exact) mass is 449 g/mol. The molecule has 0 radical (unpaired) electrons. The maximum atomic E-state index is 13.4. The molecule has 3 atom stereocenters. The minimum absolute atomic E-state index is 0.142. The lowest BCUT2D eigenvalue weighted by Gasteiger charge is -2.30. The van der Waals surface area contributed by atoms with Crippen LogP contribution in [-0.4, -0.2) is 49.6 Å². The van der Waals surface area contributed by atoms with Gasteiger partial charge in [-0.2, -0.15) is 0 Å². The molecule has 8 heteroatoms. The Bertz CT molecular complexity index is 1250. The maximum absolute atomic E-state index is 13.4. The van der Waals surface area contributed by atoms with Crippen molar-refractivity contribution >= 4 is 40.4 Å². The third-order valence-corrected chi connectivity index (χ3v) is 7.79. The van der Waals surface area contributed by atoms with E-state index >= 15 is 0 Å². The molecule has 3 N–H and O–H groups in total. The van der Waals surface area contributed by atoms with E-state index in [1.54, 1.807) is 28.9 Å². The first-order valence-electron chi connectivity index (χ1n) is 10.5. The first-order chi connectivity index (χ1) is 15.3. The molecule has 2 amide bonds. The van der Waals surface area contributed by atoms with Crippen LogP contribution in [-0.2, 0) is 16.0 Å². The normalized spacial score (nSPS) is 21.9. The quantitative estimate of drug-likeness (QED) is 0.555. The van der Waals surface area contributed by atoms with E-state index in [1.807, 2.05) is 56.3 Å². The van der Waals surface area contributed by atoms with E-state index in [-0.39, 0.29) is 17.7 Å². The first-order valence-corrected chi connectivity index (χ1v) is 11.3. The number of carbonyl (C=O) groups is 3. The van der Waals surface area contributed by atoms with Crippen LogP contribution in [0.3, 0.4) is 0 Å². The number of nitrogens with one attached hydrogen (secondary N) is 2. The number of nitrogens with zero attached hydrogens (tertiary/aromatic N) is 1. The van der Waals surface area contributed by atoms with E-state index in [2.05, 4.69) is 10.3 Å². The Balaban J connectivity index is 1.41. The molecule has 3 aromatic rings. The number of rotatable bonds is 5. The van der Waals surface area contributed by atoms with Crippen LogP contribution in [0.15, 0.2) is 54.7 Å². The van der Waals surface area contributed by atoms with Gasteiger partial charge in [-0.15, -0.1) is 11.8 Å². The molecule has 3 heterocycles. The number of amides is 2. The topological polar surface area (TPSA) is 103 Å². The molecule has 2 aromatic carbocycles. The van der Waals surface area contributed by atoms with Gasteiger partial charge in [0.1, 0.15) is 17.5 Å². The number of thioether (sulfide) groups is 1. The van der Waals surface area contributed by atoms with Gasteiger partial charge in [-0.1, -0.05) is 36.4 Å². The van der Waals surface area contributed by atoms with Crippen LogP contribution in [0.25, 0.3) is 10.9 Å². The van der Waals surface area contributed by atoms with E-state index in [0.717, 1.165) is 22.0 Å². The molecule has 164 valence electrons. The standard InChI is InChI=1S/C24H23N3O4S/c1-24(2)19(27-21(29)15-8-3-4-9-16(15)22(27)32-24)20(28)26-18(23(30)31)11-13-12-25-17-10-6-5-7-14(13)17/h3-10,12,18-19,22,25H,11H2,1-2H3,(H,26,28)(H,30,31)/t18-,19+,22?/m0/s1. The largest absolute Gasteiger partial charge is 0.480 e. The molecular formula is C24H23N3O4S. The van der Waals surface area contributed by atoms with Gasteiger partial charge in [0.15, 0.2) is 0 Å². The predicted molar refractivity (Wildman–Crippen MR) is 122 cm³/mol. The highest BCUT2D eigenvalue weighted by atomic mass is 32.2. The summed E-state index contributed by atoms with van der Waals surface area (Å²) in [4.78, 5) is 43.3. The highest BCUT2D eigenvalue weighted by molar-refractivity contribution is 8.01. The van der Waals surface area contributed by atoms with Crippen molar-refractivity contribution in [3.05, 3.63) is 71.4 Å². The molecule has 0 spiro atoms. The zero-order valence-electron chi connectivity index (χ0n) is 17.7. The van der Waals surface area contributed by atoms with Crippen LogP contribution in [0, 0.1) is 0 Å². The zero-order chi connectivity index (χ0) is 22.6. The Morgan fingerprint density at radius 1 is 1.19 bits per heavy atom. The van der Waals surface area contributed by atoms with Gasteiger partial charge >= 0.3 is 5.97 Å². The number of hydrogen-bond acceptors (Lipinski definition) is 4. The summed E-state index contributed by atoms with van der Waals surface area (Å²) in [5, 5.41) is 13.2. The number of aromatic nitrogens is 1. The zero-order valence-corrected chi connectivity index (χ0v) is 18.5. The van der Waals surface area contributed by atoms with Gasteiger partial charge in [0, 0.05) is 33.8 Å². The number of para-hydroxylation sites is 1. The number of carboxylic acids is 1. The summed E-state index contributed by atoms with van der Waals surface area (Å²) in [6.07, 6.45) is 1.92. The van der Waals surface area contributed by atoms with Gasteiger partial charge in [-0.25, -0.2) is 4.79 Å². The summed E-state index contributed by atoms with van der Waals surface area (Å²) in [6, 6.07) is 13.1. The van der Waals surface area contributed by atoms with Crippen molar-refractivity contribution < 1.29 is 19.5 Å². The average molecular weight is 450 g/mol. The molecule has 0 aliphatic carbocycles. The second-order valence-electron chi connectivity index (χ2n) is 8.74. The van der Waals surface area contributed by atoms with E-state index in [0.29, 0.717) is 5.56 Å². The Labute approximate surface area is 189 Å². The van der Waals surface area contributed by atoms with Crippen molar-refractivity contribution in [2.45, 2.75) is 42.5 Å². The van der Waals surface area contributed by atoms with Gasteiger partial charge in [-0.05, 0) is 37.1 Å². The molecule has 32 heavy (non-hydrogen) atoms. The summed E-state index contributed by atoms with van der Waals surface area (Å²) < 4.78 is -0.568. The Morgan fingerprint density at radius 3 is 2.69 bits per heavy atom. The molecule has 1 fully saturated rings. The molecule has 0 saturated carbocycles. The summed E-state index contributed by atoms with van der Waals surface area (Å²) in [7, 11) is 0. The van der Waals surface area contributed by atoms with E-state index in [9.17, 15) is 19.5 Å². The van der Waals surface area contributed by atoms with Crippen molar-refractivity contribution in [2.75, 3.05) is 0 Å². The molecular weight excluding hydrogens is 426 g/mol. The molecule has 2 aliphatic rings. The Kier molecular flexibility index (Phi) is 4.78. The first kappa shape index (κ1) is 20.6. The highest BCUT2D eigenvalue weighted by Gasteiger charge is 2.57. The van der Waals surface area contributed by atoms with Crippen molar-refractivity contribution in [1.29, 1.82) is 0 Å². The van der Waals surface area contributed by atoms with Gasteiger partial charge in [0.05, 0.1) is 0 Å². The molecule has 1 unspecified atom stereocenters. The summed E-state index contributed by atoms with van der Waals surface area (Å²) >= 11 is 1.56. The van der Waals surface area contributed by atoms with Gasteiger partial charge < -0.3 is 20.3 Å². The lowest BCUT2D eigenvalue weighted by atomic mass is 9.99. The molecule has 1 aromatic heterocycles. The smallest absolute Gasteiger partial charge is 0.326 e. The number of carboxylic acid groups (broad SMARTS) is 1. The van der Waals surface area contributed by atoms with Crippen molar-refractivity contribution in [2.24, 2.45) is 0 Å². The summed E-state index contributed by atoms with van der Waals surface area (Å²) in [6.45, 7) is 3.84. The van der Waals surface area contributed by atoms with Crippen molar-refractivity contribution in [3.8, 4) is 0 Å². The van der Waals surface area contributed by atoms with E-state index < -0.39 is 28.7 Å². The second kappa shape index (κ2) is 7.41. The molecule has 0 bridgehead atoms. The fraction of sp³-hybridized carbons (Fsp3) is 0.292.